The van der Waals surface area contributed by atoms with Crippen molar-refractivity contribution in [3.05, 3.63) is 52.6 Å². The van der Waals surface area contributed by atoms with Crippen LogP contribution in [0.25, 0.3) is 0 Å². The molecule has 0 radical (unpaired) electrons. The number of benzene rings is 1. The molecule has 1 aromatic rings. The molecule has 4 rings (SSSR count). The number of anilines is 1. The molecule has 1 unspecified atom stereocenters. The molecule has 1 aliphatic carbocycles. The lowest BCUT2D eigenvalue weighted by Crippen LogP contribution is -2.49. The standard InChI is InChI=1S/C22H23N3O3/c1-13(2)10-11-25-16-7-4-3-6-14(16)22(21(25)27)15(12-23)20(24)28-18-9-5-8-17(26)19(18)22/h3-4,6-7,13H,5,8-11,24H2,1-2H3. The molecule has 144 valence electrons. The zero-order valence-corrected chi connectivity index (χ0v) is 16.1. The Bertz CT molecular complexity index is 983. The molecule has 0 bridgehead atoms. The van der Waals surface area contributed by atoms with Crippen molar-refractivity contribution in [1.82, 2.24) is 0 Å². The summed E-state index contributed by atoms with van der Waals surface area (Å²) in [6, 6.07) is 9.48. The van der Waals surface area contributed by atoms with Crippen LogP contribution >= 0.6 is 0 Å². The summed E-state index contributed by atoms with van der Waals surface area (Å²) in [5.74, 6) is 0.343. The number of allylic oxidation sites excluding steroid dienone is 1. The van der Waals surface area contributed by atoms with Crippen LogP contribution in [0.1, 0.15) is 45.1 Å². The van der Waals surface area contributed by atoms with Crippen molar-refractivity contribution in [3.8, 4) is 6.07 Å². The summed E-state index contributed by atoms with van der Waals surface area (Å²) >= 11 is 0. The van der Waals surface area contributed by atoms with Crippen LogP contribution in [0.2, 0.25) is 0 Å². The summed E-state index contributed by atoms with van der Waals surface area (Å²) in [7, 11) is 0. The van der Waals surface area contributed by atoms with E-state index in [-0.39, 0.29) is 23.1 Å². The van der Waals surface area contributed by atoms with Gasteiger partial charge in [0.2, 0.25) is 11.8 Å². The molecule has 0 saturated carbocycles. The van der Waals surface area contributed by atoms with Gasteiger partial charge >= 0.3 is 0 Å². The molecular weight excluding hydrogens is 354 g/mol. The topological polar surface area (TPSA) is 96.4 Å². The molecule has 6 heteroatoms. The third-order valence-electron chi connectivity index (χ3n) is 5.80. The maximum absolute atomic E-state index is 13.9. The first-order valence-corrected chi connectivity index (χ1v) is 9.69. The minimum Gasteiger partial charge on any atom is -0.444 e. The number of nitrogens with two attached hydrogens (primary N) is 1. The first kappa shape index (κ1) is 18.3. The van der Waals surface area contributed by atoms with Crippen LogP contribution in [0.15, 0.2) is 47.1 Å². The lowest BCUT2D eigenvalue weighted by Gasteiger charge is -2.37. The third kappa shape index (κ3) is 2.32. The highest BCUT2D eigenvalue weighted by Crippen LogP contribution is 2.55. The minimum absolute atomic E-state index is 0.0194. The Morgan fingerprint density at radius 1 is 1.29 bits per heavy atom. The maximum atomic E-state index is 13.9. The van der Waals surface area contributed by atoms with E-state index >= 15 is 0 Å². The molecular formula is C22H23N3O3. The van der Waals surface area contributed by atoms with Gasteiger partial charge < -0.3 is 15.4 Å². The second-order valence-electron chi connectivity index (χ2n) is 7.93. The molecule has 2 heterocycles. The number of nitriles is 1. The van der Waals surface area contributed by atoms with E-state index in [4.69, 9.17) is 10.5 Å². The van der Waals surface area contributed by atoms with Gasteiger partial charge in [0.15, 0.2) is 5.78 Å². The predicted molar refractivity (Wildman–Crippen MR) is 104 cm³/mol. The molecule has 6 nitrogen and oxygen atoms in total. The molecule has 1 aromatic carbocycles. The van der Waals surface area contributed by atoms with Gasteiger partial charge in [-0.05, 0) is 24.8 Å². The Morgan fingerprint density at radius 2 is 2.04 bits per heavy atom. The number of hydrogen-bond donors (Lipinski definition) is 1. The van der Waals surface area contributed by atoms with Crippen LogP contribution in [0, 0.1) is 17.2 Å². The Balaban J connectivity index is 2.01. The second kappa shape index (κ2) is 6.52. The molecule has 0 fully saturated rings. The van der Waals surface area contributed by atoms with Gasteiger partial charge in [0.05, 0.1) is 5.57 Å². The first-order chi connectivity index (χ1) is 13.4. The number of Topliss-reactive ketones (excluding diaryl/α,β-unsaturated/α-hetero) is 1. The van der Waals surface area contributed by atoms with E-state index in [0.29, 0.717) is 48.6 Å². The monoisotopic (exact) mass is 377 g/mol. The predicted octanol–water partition coefficient (Wildman–Crippen LogP) is 3.05. The fraction of sp³-hybridized carbons (Fsp3) is 0.409. The number of hydrogen-bond acceptors (Lipinski definition) is 5. The quantitative estimate of drug-likeness (QED) is 0.873. The molecule has 2 N–H and O–H groups in total. The molecule has 0 saturated heterocycles. The van der Waals surface area contributed by atoms with E-state index in [1.54, 1.807) is 4.90 Å². The lowest BCUT2D eigenvalue weighted by atomic mass is 9.65. The summed E-state index contributed by atoms with van der Waals surface area (Å²) < 4.78 is 5.67. The third-order valence-corrected chi connectivity index (χ3v) is 5.80. The van der Waals surface area contributed by atoms with Crippen molar-refractivity contribution >= 4 is 17.4 Å². The van der Waals surface area contributed by atoms with Crippen LogP contribution in [-0.2, 0) is 19.7 Å². The smallest absolute Gasteiger partial charge is 0.247 e. The van der Waals surface area contributed by atoms with Crippen LogP contribution in [0.3, 0.4) is 0 Å². The minimum atomic E-state index is -1.49. The van der Waals surface area contributed by atoms with Crippen molar-refractivity contribution in [3.63, 3.8) is 0 Å². The van der Waals surface area contributed by atoms with Crippen molar-refractivity contribution in [2.75, 3.05) is 11.4 Å². The zero-order valence-electron chi connectivity index (χ0n) is 16.1. The number of carbonyl (C=O) groups is 2. The lowest BCUT2D eigenvalue weighted by molar-refractivity contribution is -0.124. The Labute approximate surface area is 164 Å². The summed E-state index contributed by atoms with van der Waals surface area (Å²) in [6.07, 6.45) is 2.33. The average Bonchev–Trinajstić information content (AvgIpc) is 2.89. The maximum Gasteiger partial charge on any atom is 0.247 e. The van der Waals surface area contributed by atoms with E-state index in [9.17, 15) is 14.9 Å². The van der Waals surface area contributed by atoms with Gasteiger partial charge in [0.1, 0.15) is 22.8 Å². The highest BCUT2D eigenvalue weighted by molar-refractivity contribution is 6.20. The fourth-order valence-electron chi connectivity index (χ4n) is 4.51. The summed E-state index contributed by atoms with van der Waals surface area (Å²) in [6.45, 7) is 4.71. The molecule has 1 atom stereocenters. The SMILES string of the molecule is CC(C)CCN1C(=O)C2(C(C#N)=C(N)OC3=C2C(=O)CCC3)c2ccccc21. The number of ether oxygens (including phenoxy) is 1. The van der Waals surface area contributed by atoms with E-state index in [1.807, 2.05) is 24.3 Å². The number of ketones is 1. The van der Waals surface area contributed by atoms with E-state index < -0.39 is 5.41 Å². The molecule has 0 aromatic heterocycles. The molecule has 1 amide bonds. The largest absolute Gasteiger partial charge is 0.444 e. The number of rotatable bonds is 3. The Kier molecular flexibility index (Phi) is 4.26. The van der Waals surface area contributed by atoms with Crippen LogP contribution < -0.4 is 10.6 Å². The van der Waals surface area contributed by atoms with Gasteiger partial charge in [-0.3, -0.25) is 9.59 Å². The van der Waals surface area contributed by atoms with Gasteiger partial charge in [-0.15, -0.1) is 0 Å². The van der Waals surface area contributed by atoms with Crippen LogP contribution in [0.5, 0.6) is 0 Å². The number of fused-ring (bicyclic) bond motifs is 3. The highest BCUT2D eigenvalue weighted by atomic mass is 16.5. The van der Waals surface area contributed by atoms with Crippen molar-refractivity contribution in [2.45, 2.75) is 44.9 Å². The van der Waals surface area contributed by atoms with Gasteiger partial charge in [0.25, 0.3) is 0 Å². The molecule has 1 spiro atoms. The van der Waals surface area contributed by atoms with Crippen molar-refractivity contribution in [2.24, 2.45) is 11.7 Å². The molecule has 3 aliphatic rings. The van der Waals surface area contributed by atoms with E-state index in [1.165, 1.54) is 0 Å². The van der Waals surface area contributed by atoms with Gasteiger partial charge in [-0.2, -0.15) is 5.26 Å². The number of carbonyl (C=O) groups excluding carboxylic acids is 2. The van der Waals surface area contributed by atoms with Crippen molar-refractivity contribution in [1.29, 1.82) is 5.26 Å². The number of amides is 1. The molecule has 28 heavy (non-hydrogen) atoms. The summed E-state index contributed by atoms with van der Waals surface area (Å²) in [5.41, 5.74) is 6.32. The summed E-state index contributed by atoms with van der Waals surface area (Å²) in [5, 5.41) is 9.94. The number of para-hydroxylation sites is 1. The average molecular weight is 377 g/mol. The van der Waals surface area contributed by atoms with E-state index in [0.717, 1.165) is 12.1 Å². The van der Waals surface area contributed by atoms with Crippen LogP contribution in [0.4, 0.5) is 5.69 Å². The van der Waals surface area contributed by atoms with Crippen molar-refractivity contribution < 1.29 is 14.3 Å². The van der Waals surface area contributed by atoms with Crippen LogP contribution in [-0.4, -0.2) is 18.2 Å². The van der Waals surface area contributed by atoms with Gasteiger partial charge in [-0.1, -0.05) is 32.0 Å². The first-order valence-electron chi connectivity index (χ1n) is 9.69. The Morgan fingerprint density at radius 3 is 2.75 bits per heavy atom. The molecule has 2 aliphatic heterocycles. The summed E-state index contributed by atoms with van der Waals surface area (Å²) in [4.78, 5) is 28.6. The Hall–Kier alpha value is -3.07. The number of nitrogens with zero attached hydrogens (tertiary/aromatic N) is 2. The second-order valence-corrected chi connectivity index (χ2v) is 7.93. The van der Waals surface area contributed by atoms with Gasteiger partial charge in [-0.25, -0.2) is 0 Å². The van der Waals surface area contributed by atoms with E-state index in [2.05, 4.69) is 19.9 Å². The normalized spacial score (nSPS) is 23.9. The fourth-order valence-corrected chi connectivity index (χ4v) is 4.51. The zero-order chi connectivity index (χ0) is 20.1. The van der Waals surface area contributed by atoms with Gasteiger partial charge in [0, 0.05) is 30.6 Å². The highest BCUT2D eigenvalue weighted by Gasteiger charge is 2.61.